The van der Waals surface area contributed by atoms with Crippen molar-refractivity contribution >= 4 is 40.8 Å². The summed E-state index contributed by atoms with van der Waals surface area (Å²) in [6.07, 6.45) is 1.64. The minimum Gasteiger partial charge on any atom is -0.462 e. The van der Waals surface area contributed by atoms with Crippen molar-refractivity contribution in [3.8, 4) is 0 Å². The van der Waals surface area contributed by atoms with E-state index in [2.05, 4.69) is 10.6 Å². The summed E-state index contributed by atoms with van der Waals surface area (Å²) in [7, 11) is 0. The molecular formula is C23H21ClN2O4. The second-order valence-electron chi connectivity index (χ2n) is 8.36. The van der Waals surface area contributed by atoms with E-state index in [4.69, 9.17) is 16.3 Å². The third-order valence-corrected chi connectivity index (χ3v) is 7.10. The molecule has 30 heavy (non-hydrogen) atoms. The quantitative estimate of drug-likeness (QED) is 0.725. The smallest absolute Gasteiger partial charge is 0.310 e. The number of hydrogen-bond acceptors (Lipinski definition) is 4. The standard InChI is InChI=1S/C23H21ClN2O4/c1-11-16(24)6-3-7-17(11)26-21(27)12-4-2-5-14(8-12)25-22(28)19-13-9-15-18(10-13)30-23(29)20(15)19/h2-8,13,15,18-20H,9-10H2,1H3,(H,25,28)(H,26,27)/t13-,15-,18+,19+,20-/m1/s1. The second-order valence-corrected chi connectivity index (χ2v) is 8.77. The van der Waals surface area contributed by atoms with Crippen LogP contribution in [-0.4, -0.2) is 23.9 Å². The fourth-order valence-electron chi connectivity index (χ4n) is 5.26. The molecule has 1 heterocycles. The maximum Gasteiger partial charge on any atom is 0.310 e. The van der Waals surface area contributed by atoms with Crippen LogP contribution in [0.1, 0.15) is 28.8 Å². The fourth-order valence-corrected chi connectivity index (χ4v) is 5.44. The number of hydrogen-bond donors (Lipinski definition) is 2. The SMILES string of the molecule is Cc1c(Cl)cccc1NC(=O)c1cccc(NC(=O)[C@H]2[C@@H]3C[C@H]4[C@H]2C(=O)O[C@H]4C3)c1. The molecule has 3 fully saturated rings. The normalized spacial score (nSPS) is 28.3. The fraction of sp³-hybridized carbons (Fsp3) is 0.348. The van der Waals surface area contributed by atoms with Crippen molar-refractivity contribution in [3.63, 3.8) is 0 Å². The number of carbonyl (C=O) groups is 3. The first-order valence-corrected chi connectivity index (χ1v) is 10.5. The van der Waals surface area contributed by atoms with Gasteiger partial charge >= 0.3 is 5.97 Å². The Morgan fingerprint density at radius 2 is 1.90 bits per heavy atom. The van der Waals surface area contributed by atoms with Crippen LogP contribution in [0.5, 0.6) is 0 Å². The lowest BCUT2D eigenvalue weighted by Gasteiger charge is -2.23. The molecule has 2 aliphatic carbocycles. The molecule has 0 aromatic heterocycles. The summed E-state index contributed by atoms with van der Waals surface area (Å²) >= 11 is 6.12. The minimum atomic E-state index is -0.354. The molecule has 1 aliphatic heterocycles. The van der Waals surface area contributed by atoms with Crippen molar-refractivity contribution < 1.29 is 19.1 Å². The molecule has 0 spiro atoms. The Morgan fingerprint density at radius 3 is 2.73 bits per heavy atom. The van der Waals surface area contributed by atoms with Gasteiger partial charge < -0.3 is 15.4 Å². The Morgan fingerprint density at radius 1 is 1.10 bits per heavy atom. The number of amides is 2. The van der Waals surface area contributed by atoms with Gasteiger partial charge in [-0.3, -0.25) is 14.4 Å². The second kappa shape index (κ2) is 7.13. The average molecular weight is 425 g/mol. The number of rotatable bonds is 4. The average Bonchev–Trinajstić information content (AvgIpc) is 3.34. The molecule has 1 saturated heterocycles. The number of carbonyl (C=O) groups excluding carboxylic acids is 3. The molecule has 7 heteroatoms. The van der Waals surface area contributed by atoms with Crippen LogP contribution in [0.4, 0.5) is 11.4 Å². The summed E-state index contributed by atoms with van der Waals surface area (Å²) in [5, 5.41) is 6.34. The van der Waals surface area contributed by atoms with Crippen LogP contribution in [0.3, 0.4) is 0 Å². The molecule has 2 bridgehead atoms. The van der Waals surface area contributed by atoms with E-state index in [1.165, 1.54) is 0 Å². The van der Waals surface area contributed by atoms with Crippen molar-refractivity contribution in [1.29, 1.82) is 0 Å². The summed E-state index contributed by atoms with van der Waals surface area (Å²) in [6, 6.07) is 12.1. The van der Waals surface area contributed by atoms with Gasteiger partial charge in [-0.05, 0) is 61.6 Å². The Kier molecular flexibility index (Phi) is 4.54. The molecule has 2 amide bonds. The highest BCUT2D eigenvalue weighted by atomic mass is 35.5. The zero-order valence-corrected chi connectivity index (χ0v) is 17.1. The summed E-state index contributed by atoms with van der Waals surface area (Å²) in [6.45, 7) is 1.84. The maximum atomic E-state index is 13.0. The van der Waals surface area contributed by atoms with E-state index in [1.807, 2.05) is 6.92 Å². The van der Waals surface area contributed by atoms with Crippen molar-refractivity contribution in [2.75, 3.05) is 10.6 Å². The van der Waals surface area contributed by atoms with E-state index in [1.54, 1.807) is 42.5 Å². The molecule has 0 unspecified atom stereocenters. The van der Waals surface area contributed by atoms with Crippen molar-refractivity contribution in [1.82, 2.24) is 0 Å². The van der Waals surface area contributed by atoms with E-state index in [0.29, 0.717) is 22.0 Å². The number of ether oxygens (including phenoxy) is 1. The van der Waals surface area contributed by atoms with E-state index < -0.39 is 0 Å². The lowest BCUT2D eigenvalue weighted by atomic mass is 9.79. The molecular weight excluding hydrogens is 404 g/mol. The lowest BCUT2D eigenvalue weighted by molar-refractivity contribution is -0.145. The van der Waals surface area contributed by atoms with Crippen LogP contribution in [-0.2, 0) is 14.3 Å². The number of halogens is 1. The van der Waals surface area contributed by atoms with Gasteiger partial charge in [0.1, 0.15) is 6.10 Å². The van der Waals surface area contributed by atoms with Crippen LogP contribution in [0, 0.1) is 30.6 Å². The van der Waals surface area contributed by atoms with Crippen molar-refractivity contribution in [2.45, 2.75) is 25.9 Å². The Labute approximate surface area is 178 Å². The van der Waals surface area contributed by atoms with Gasteiger partial charge in [-0.2, -0.15) is 0 Å². The first-order chi connectivity index (χ1) is 14.4. The molecule has 2 aromatic carbocycles. The summed E-state index contributed by atoms with van der Waals surface area (Å²) in [5.41, 5.74) is 2.37. The van der Waals surface area contributed by atoms with Gasteiger partial charge in [-0.25, -0.2) is 0 Å². The molecule has 2 aromatic rings. The van der Waals surface area contributed by atoms with E-state index in [9.17, 15) is 14.4 Å². The predicted octanol–water partition coefficient (Wildman–Crippen LogP) is 4.04. The molecule has 0 radical (unpaired) electrons. The maximum absolute atomic E-state index is 13.0. The Hall–Kier alpha value is -2.86. The lowest BCUT2D eigenvalue weighted by Crippen LogP contribution is -2.35. The molecule has 5 atom stereocenters. The zero-order valence-electron chi connectivity index (χ0n) is 16.4. The molecule has 6 nitrogen and oxygen atoms in total. The number of esters is 1. The van der Waals surface area contributed by atoms with Crippen LogP contribution in [0.2, 0.25) is 5.02 Å². The molecule has 2 N–H and O–H groups in total. The van der Waals surface area contributed by atoms with Crippen molar-refractivity contribution in [3.05, 3.63) is 58.6 Å². The highest BCUT2D eigenvalue weighted by Crippen LogP contribution is 2.57. The molecule has 3 aliphatic rings. The highest BCUT2D eigenvalue weighted by molar-refractivity contribution is 6.31. The van der Waals surface area contributed by atoms with Gasteiger partial charge in [0.2, 0.25) is 5.91 Å². The zero-order chi connectivity index (χ0) is 21.0. The van der Waals surface area contributed by atoms with Crippen LogP contribution < -0.4 is 10.6 Å². The summed E-state index contributed by atoms with van der Waals surface area (Å²) in [5.74, 6) is -1.02. The highest BCUT2D eigenvalue weighted by Gasteiger charge is 2.63. The topological polar surface area (TPSA) is 84.5 Å². The van der Waals surface area contributed by atoms with Gasteiger partial charge in [0, 0.05) is 27.9 Å². The van der Waals surface area contributed by atoms with Crippen molar-refractivity contribution in [2.24, 2.45) is 23.7 Å². The van der Waals surface area contributed by atoms with E-state index in [-0.39, 0.29) is 47.6 Å². The third-order valence-electron chi connectivity index (χ3n) is 6.69. The van der Waals surface area contributed by atoms with E-state index >= 15 is 0 Å². The van der Waals surface area contributed by atoms with Gasteiger partial charge in [0.05, 0.1) is 11.8 Å². The van der Waals surface area contributed by atoms with Crippen LogP contribution in [0.15, 0.2) is 42.5 Å². The molecule has 5 rings (SSSR count). The largest absolute Gasteiger partial charge is 0.462 e. The summed E-state index contributed by atoms with van der Waals surface area (Å²) in [4.78, 5) is 37.8. The number of benzene rings is 2. The third kappa shape index (κ3) is 3.06. The van der Waals surface area contributed by atoms with E-state index in [0.717, 1.165) is 18.4 Å². The van der Waals surface area contributed by atoms with Crippen LogP contribution in [0.25, 0.3) is 0 Å². The predicted molar refractivity (Wildman–Crippen MR) is 112 cm³/mol. The summed E-state index contributed by atoms with van der Waals surface area (Å²) < 4.78 is 5.41. The molecule has 154 valence electrons. The van der Waals surface area contributed by atoms with Gasteiger partial charge in [0.25, 0.3) is 5.91 Å². The van der Waals surface area contributed by atoms with Gasteiger partial charge in [-0.15, -0.1) is 0 Å². The first kappa shape index (κ1) is 19.1. The number of nitrogens with one attached hydrogen (secondary N) is 2. The molecule has 2 saturated carbocycles. The Balaban J connectivity index is 1.31. The van der Waals surface area contributed by atoms with Gasteiger partial charge in [0.15, 0.2) is 0 Å². The monoisotopic (exact) mass is 424 g/mol. The van der Waals surface area contributed by atoms with Crippen LogP contribution >= 0.6 is 11.6 Å². The number of fused-ring (bicyclic) bond motifs is 1. The minimum absolute atomic E-state index is 0.00137. The van der Waals surface area contributed by atoms with Gasteiger partial charge in [-0.1, -0.05) is 23.7 Å². The number of anilines is 2. The Bertz CT molecular complexity index is 1070. The first-order valence-electron chi connectivity index (χ1n) is 10.1.